The predicted molar refractivity (Wildman–Crippen MR) is 158 cm³/mol. The number of nitrogens with zero attached hydrogens (tertiary/aromatic N) is 5. The maximum Gasteiger partial charge on any atom is 0.322 e. The zero-order valence-corrected chi connectivity index (χ0v) is 24.5. The number of ether oxygens (including phenoxy) is 1. The highest BCUT2D eigenvalue weighted by Crippen LogP contribution is 2.27. The second-order valence-electron chi connectivity index (χ2n) is 11.4. The number of allylic oxidation sites excluding steroid dienone is 1. The number of piperidine rings is 2. The van der Waals surface area contributed by atoms with Crippen molar-refractivity contribution in [3.8, 4) is 6.01 Å². The zero-order chi connectivity index (χ0) is 29.8. The first-order valence-electron chi connectivity index (χ1n) is 14.6. The lowest BCUT2D eigenvalue weighted by Crippen LogP contribution is -2.37. The van der Waals surface area contributed by atoms with Gasteiger partial charge in [0, 0.05) is 31.7 Å². The average molecular weight is 579 g/mol. The van der Waals surface area contributed by atoms with Gasteiger partial charge in [0.2, 0.25) is 11.9 Å². The summed E-state index contributed by atoms with van der Waals surface area (Å²) in [5.74, 6) is -1.34. The Morgan fingerprint density at radius 1 is 1.24 bits per heavy atom. The van der Waals surface area contributed by atoms with E-state index < -0.39 is 11.6 Å². The van der Waals surface area contributed by atoms with E-state index in [9.17, 15) is 9.59 Å². The van der Waals surface area contributed by atoms with Crippen LogP contribution < -0.4 is 20.7 Å². The van der Waals surface area contributed by atoms with Crippen LogP contribution in [0.4, 0.5) is 16.0 Å². The van der Waals surface area contributed by atoms with Crippen molar-refractivity contribution in [2.45, 2.75) is 58.1 Å². The van der Waals surface area contributed by atoms with Crippen molar-refractivity contribution in [2.75, 3.05) is 43.9 Å². The van der Waals surface area contributed by atoms with Crippen molar-refractivity contribution in [3.05, 3.63) is 53.5 Å². The number of halogens is 1. The normalized spacial score (nSPS) is 18.3. The molecule has 11 nitrogen and oxygen atoms in total. The standard InChI is InChI=1S/C30H39FN8O3/c1-5-25(40)22-13-19(14-24(26(22)31)35-28(41)20-7-6-10-32-16-20)15-33-29-37-30(42-21-8-11-38(4)12-9-21)36-27-23(18(2)3)17-34-39(27)29/h5,13-14,17-18,20-21,32H,1,6-12,15-16H2,2-4H3,(H,35,41)(H,33,36,37). The van der Waals surface area contributed by atoms with Gasteiger partial charge in [0.25, 0.3) is 0 Å². The van der Waals surface area contributed by atoms with Crippen molar-refractivity contribution in [1.82, 2.24) is 29.8 Å². The number of amides is 1. The van der Waals surface area contributed by atoms with Gasteiger partial charge < -0.3 is 25.6 Å². The third kappa shape index (κ3) is 6.60. The molecule has 4 heterocycles. The first kappa shape index (κ1) is 29.6. The summed E-state index contributed by atoms with van der Waals surface area (Å²) in [6.07, 6.45) is 6.19. The number of anilines is 2. The number of rotatable bonds is 10. The van der Waals surface area contributed by atoms with Gasteiger partial charge in [-0.1, -0.05) is 20.4 Å². The van der Waals surface area contributed by atoms with Gasteiger partial charge >= 0.3 is 6.01 Å². The van der Waals surface area contributed by atoms with Crippen molar-refractivity contribution >= 4 is 29.0 Å². The molecule has 2 saturated heterocycles. The lowest BCUT2D eigenvalue weighted by molar-refractivity contribution is -0.120. The van der Waals surface area contributed by atoms with E-state index >= 15 is 4.39 Å². The van der Waals surface area contributed by atoms with E-state index in [2.05, 4.69) is 58.4 Å². The quantitative estimate of drug-likeness (QED) is 0.243. The molecule has 12 heteroatoms. The van der Waals surface area contributed by atoms with Gasteiger partial charge in [0.1, 0.15) is 6.10 Å². The molecule has 0 radical (unpaired) electrons. The van der Waals surface area contributed by atoms with Crippen LogP contribution >= 0.6 is 0 Å². The van der Waals surface area contributed by atoms with Gasteiger partial charge in [-0.05, 0) is 69.0 Å². The van der Waals surface area contributed by atoms with Crippen LogP contribution in [0.3, 0.4) is 0 Å². The number of likely N-dealkylation sites (tertiary alicyclic amines) is 1. The fourth-order valence-electron chi connectivity index (χ4n) is 5.36. The van der Waals surface area contributed by atoms with E-state index in [0.29, 0.717) is 30.1 Å². The Morgan fingerprint density at radius 3 is 2.71 bits per heavy atom. The Morgan fingerprint density at radius 2 is 2.02 bits per heavy atom. The lowest BCUT2D eigenvalue weighted by Gasteiger charge is -2.28. The highest BCUT2D eigenvalue weighted by molar-refractivity contribution is 6.06. The second-order valence-corrected chi connectivity index (χ2v) is 11.4. The van der Waals surface area contributed by atoms with Crippen LogP contribution in [-0.2, 0) is 11.3 Å². The fraction of sp³-hybridized carbons (Fsp3) is 0.500. The molecule has 0 aliphatic carbocycles. The molecule has 1 aromatic carbocycles. The zero-order valence-electron chi connectivity index (χ0n) is 24.5. The average Bonchev–Trinajstić information content (AvgIpc) is 3.43. The summed E-state index contributed by atoms with van der Waals surface area (Å²) in [6.45, 7) is 11.1. The first-order valence-corrected chi connectivity index (χ1v) is 14.6. The van der Waals surface area contributed by atoms with E-state index in [1.54, 1.807) is 10.7 Å². The molecule has 2 aromatic heterocycles. The van der Waals surface area contributed by atoms with Crippen LogP contribution in [0.25, 0.3) is 5.65 Å². The van der Waals surface area contributed by atoms with Crippen molar-refractivity contribution in [1.29, 1.82) is 0 Å². The molecule has 1 unspecified atom stereocenters. The smallest absolute Gasteiger partial charge is 0.322 e. The van der Waals surface area contributed by atoms with Crippen molar-refractivity contribution in [3.63, 3.8) is 0 Å². The molecule has 2 fully saturated rings. The topological polar surface area (TPSA) is 126 Å². The summed E-state index contributed by atoms with van der Waals surface area (Å²) in [6, 6.07) is 3.26. The molecule has 3 N–H and O–H groups in total. The van der Waals surface area contributed by atoms with Crippen LogP contribution in [0, 0.1) is 11.7 Å². The van der Waals surface area contributed by atoms with Crippen LogP contribution in [0.1, 0.15) is 66.9 Å². The van der Waals surface area contributed by atoms with Crippen LogP contribution in [0.2, 0.25) is 0 Å². The number of ketones is 1. The largest absolute Gasteiger partial charge is 0.460 e. The Kier molecular flexibility index (Phi) is 9.12. The Bertz CT molecular complexity index is 1460. The summed E-state index contributed by atoms with van der Waals surface area (Å²) < 4.78 is 23.2. The number of aromatic nitrogens is 4. The molecule has 3 aromatic rings. The summed E-state index contributed by atoms with van der Waals surface area (Å²) in [5, 5.41) is 13.7. The summed E-state index contributed by atoms with van der Waals surface area (Å²) in [5.41, 5.74) is 1.95. The summed E-state index contributed by atoms with van der Waals surface area (Å²) >= 11 is 0. The van der Waals surface area contributed by atoms with Crippen molar-refractivity contribution < 1.29 is 18.7 Å². The lowest BCUT2D eigenvalue weighted by atomic mass is 9.98. The first-order chi connectivity index (χ1) is 20.2. The van der Waals surface area contributed by atoms with E-state index in [-0.39, 0.29) is 47.7 Å². The monoisotopic (exact) mass is 578 g/mol. The van der Waals surface area contributed by atoms with Gasteiger partial charge in [0.05, 0.1) is 23.4 Å². The number of benzene rings is 1. The number of carbonyl (C=O) groups is 2. The van der Waals surface area contributed by atoms with Gasteiger partial charge in [0.15, 0.2) is 17.2 Å². The van der Waals surface area contributed by atoms with Gasteiger partial charge in [-0.25, -0.2) is 4.39 Å². The van der Waals surface area contributed by atoms with Crippen LogP contribution in [0.5, 0.6) is 6.01 Å². The maximum atomic E-state index is 15.4. The maximum absolute atomic E-state index is 15.4. The Labute approximate surface area is 244 Å². The molecule has 1 atom stereocenters. The Hall–Kier alpha value is -3.90. The van der Waals surface area contributed by atoms with Gasteiger partial charge in [-0.3, -0.25) is 9.59 Å². The second kappa shape index (κ2) is 13.0. The third-order valence-electron chi connectivity index (χ3n) is 7.89. The molecule has 0 saturated carbocycles. The van der Waals surface area contributed by atoms with Gasteiger partial charge in [-0.2, -0.15) is 19.6 Å². The summed E-state index contributed by atoms with van der Waals surface area (Å²) in [7, 11) is 2.09. The van der Waals surface area contributed by atoms with E-state index in [4.69, 9.17) is 9.72 Å². The molecular formula is C30H39FN8O3. The van der Waals surface area contributed by atoms with E-state index in [1.807, 2.05) is 0 Å². The van der Waals surface area contributed by atoms with E-state index in [0.717, 1.165) is 50.5 Å². The van der Waals surface area contributed by atoms with Crippen molar-refractivity contribution in [2.24, 2.45) is 5.92 Å². The highest BCUT2D eigenvalue weighted by atomic mass is 19.1. The fourth-order valence-corrected chi connectivity index (χ4v) is 5.36. The highest BCUT2D eigenvalue weighted by Gasteiger charge is 2.25. The molecule has 5 rings (SSSR count). The van der Waals surface area contributed by atoms with E-state index in [1.165, 1.54) is 12.1 Å². The molecule has 224 valence electrons. The SMILES string of the molecule is C=CC(=O)c1cc(CNc2nc(OC3CCN(C)CC3)nc3c(C(C)C)cnn23)cc(NC(=O)C2CCCNC2)c1F. The van der Waals surface area contributed by atoms with Gasteiger partial charge in [-0.15, -0.1) is 0 Å². The third-order valence-corrected chi connectivity index (χ3v) is 7.89. The summed E-state index contributed by atoms with van der Waals surface area (Å²) in [4.78, 5) is 37.0. The minimum atomic E-state index is -0.785. The molecule has 2 aliphatic heterocycles. The molecule has 1 amide bonds. The van der Waals surface area contributed by atoms with Crippen LogP contribution in [-0.4, -0.2) is 75.5 Å². The number of hydrogen-bond donors (Lipinski definition) is 3. The number of nitrogens with one attached hydrogen (secondary N) is 3. The number of hydrogen-bond acceptors (Lipinski definition) is 9. The molecular weight excluding hydrogens is 539 g/mol. The number of fused-ring (bicyclic) bond motifs is 1. The Balaban J connectivity index is 1.43. The predicted octanol–water partition coefficient (Wildman–Crippen LogP) is 3.78. The number of carbonyl (C=O) groups excluding carboxylic acids is 2. The molecule has 42 heavy (non-hydrogen) atoms. The van der Waals surface area contributed by atoms with Crippen LogP contribution in [0.15, 0.2) is 31.0 Å². The molecule has 0 spiro atoms. The minimum absolute atomic E-state index is 0.0111. The molecule has 2 aliphatic rings. The minimum Gasteiger partial charge on any atom is -0.460 e. The molecule has 0 bridgehead atoms.